The molecule has 0 atom stereocenters. The van der Waals surface area contributed by atoms with Crippen molar-refractivity contribution in [1.82, 2.24) is 9.97 Å². The molecule has 1 aromatic rings. The summed E-state index contributed by atoms with van der Waals surface area (Å²) in [7, 11) is 0. The van der Waals surface area contributed by atoms with Crippen molar-refractivity contribution in [3.05, 3.63) is 17.6 Å². The fourth-order valence-electron chi connectivity index (χ4n) is 1.20. The number of rotatable bonds is 2. The third kappa shape index (κ3) is 1.95. The van der Waals surface area contributed by atoms with E-state index in [1.54, 1.807) is 0 Å². The number of ether oxygens (including phenoxy) is 2. The highest BCUT2D eigenvalue weighted by Crippen LogP contribution is 2.14. The maximum Gasteiger partial charge on any atom is 0.217 e. The summed E-state index contributed by atoms with van der Waals surface area (Å²) < 4.78 is 10.5. The minimum absolute atomic E-state index is 0.175. The molecule has 2 heterocycles. The van der Waals surface area contributed by atoms with Gasteiger partial charge >= 0.3 is 0 Å². The molecule has 0 N–H and O–H groups in total. The zero-order valence-electron chi connectivity index (χ0n) is 7.78. The Balaban J connectivity index is 2.10. The van der Waals surface area contributed by atoms with Crippen LogP contribution in [0.15, 0.2) is 6.07 Å². The molecule has 1 aliphatic heterocycles. The van der Waals surface area contributed by atoms with Crippen LogP contribution in [0.25, 0.3) is 0 Å². The molecule has 0 radical (unpaired) electrons. The van der Waals surface area contributed by atoms with Gasteiger partial charge < -0.3 is 9.47 Å². The van der Waals surface area contributed by atoms with E-state index in [2.05, 4.69) is 9.97 Å². The molecule has 0 saturated carbocycles. The van der Waals surface area contributed by atoms with Crippen LogP contribution in [-0.2, 0) is 4.74 Å². The average Bonchev–Trinajstić information content (AvgIpc) is 1.95. The Kier molecular flexibility index (Phi) is 2.14. The molecule has 4 heteroatoms. The molecule has 0 spiro atoms. The molecule has 0 amide bonds. The van der Waals surface area contributed by atoms with Gasteiger partial charge in [-0.25, -0.2) is 4.98 Å². The van der Waals surface area contributed by atoms with Gasteiger partial charge in [-0.1, -0.05) is 0 Å². The van der Waals surface area contributed by atoms with E-state index in [0.29, 0.717) is 19.1 Å². The molecule has 1 saturated heterocycles. The summed E-state index contributed by atoms with van der Waals surface area (Å²) in [5, 5.41) is 0. The molecule has 0 unspecified atom stereocenters. The van der Waals surface area contributed by atoms with Crippen LogP contribution in [-0.4, -0.2) is 29.3 Å². The summed E-state index contributed by atoms with van der Waals surface area (Å²) in [4.78, 5) is 8.33. The highest BCUT2D eigenvalue weighted by atomic mass is 16.6. The van der Waals surface area contributed by atoms with E-state index in [-0.39, 0.29) is 6.10 Å². The van der Waals surface area contributed by atoms with E-state index in [1.165, 1.54) is 0 Å². The topological polar surface area (TPSA) is 44.2 Å². The lowest BCUT2D eigenvalue weighted by molar-refractivity contribution is -0.0814. The Morgan fingerprint density at radius 1 is 1.38 bits per heavy atom. The molecule has 1 aliphatic rings. The van der Waals surface area contributed by atoms with Crippen molar-refractivity contribution < 1.29 is 9.47 Å². The van der Waals surface area contributed by atoms with E-state index >= 15 is 0 Å². The van der Waals surface area contributed by atoms with Crippen LogP contribution in [0, 0.1) is 13.8 Å². The highest BCUT2D eigenvalue weighted by molar-refractivity contribution is 5.15. The van der Waals surface area contributed by atoms with Gasteiger partial charge in [-0.05, 0) is 13.8 Å². The first-order chi connectivity index (χ1) is 6.24. The second-order valence-corrected chi connectivity index (χ2v) is 3.17. The summed E-state index contributed by atoms with van der Waals surface area (Å²) in [6, 6.07) is 1.84. The van der Waals surface area contributed by atoms with E-state index in [0.717, 1.165) is 11.5 Å². The largest absolute Gasteiger partial charge is 0.469 e. The first-order valence-corrected chi connectivity index (χ1v) is 4.31. The molecule has 1 aromatic heterocycles. The third-order valence-electron chi connectivity index (χ3n) is 1.84. The molecule has 2 rings (SSSR count). The summed E-state index contributed by atoms with van der Waals surface area (Å²) in [6.07, 6.45) is 0.175. The van der Waals surface area contributed by atoms with Crippen molar-refractivity contribution in [3.8, 4) is 5.88 Å². The molecule has 0 aliphatic carbocycles. The Morgan fingerprint density at radius 2 is 2.15 bits per heavy atom. The number of aromatic nitrogens is 2. The summed E-state index contributed by atoms with van der Waals surface area (Å²) >= 11 is 0. The molecule has 4 nitrogen and oxygen atoms in total. The highest BCUT2D eigenvalue weighted by Gasteiger charge is 2.20. The van der Waals surface area contributed by atoms with Gasteiger partial charge in [-0.2, -0.15) is 4.98 Å². The van der Waals surface area contributed by atoms with Gasteiger partial charge in [0.15, 0.2) is 0 Å². The van der Waals surface area contributed by atoms with E-state index in [9.17, 15) is 0 Å². The van der Waals surface area contributed by atoms with Crippen LogP contribution in [0.5, 0.6) is 5.88 Å². The van der Waals surface area contributed by atoms with E-state index in [1.807, 2.05) is 19.9 Å². The SMILES string of the molecule is Cc1cc(OC2COC2)nc(C)n1. The first kappa shape index (κ1) is 8.44. The molecule has 0 aromatic carbocycles. The van der Waals surface area contributed by atoms with Gasteiger partial charge in [-0.15, -0.1) is 0 Å². The quantitative estimate of drug-likeness (QED) is 0.677. The normalized spacial score (nSPS) is 16.8. The summed E-state index contributed by atoms with van der Waals surface area (Å²) in [5.41, 5.74) is 0.933. The van der Waals surface area contributed by atoms with Crippen molar-refractivity contribution in [3.63, 3.8) is 0 Å². The van der Waals surface area contributed by atoms with Gasteiger partial charge in [0.25, 0.3) is 0 Å². The van der Waals surface area contributed by atoms with E-state index < -0.39 is 0 Å². The second kappa shape index (κ2) is 3.30. The third-order valence-corrected chi connectivity index (χ3v) is 1.84. The smallest absolute Gasteiger partial charge is 0.217 e. The Labute approximate surface area is 76.9 Å². The van der Waals surface area contributed by atoms with Gasteiger partial charge in [0.05, 0.1) is 13.2 Å². The lowest BCUT2D eigenvalue weighted by Gasteiger charge is -2.26. The van der Waals surface area contributed by atoms with Crippen LogP contribution in [0.4, 0.5) is 0 Å². The molecule has 70 valence electrons. The predicted molar refractivity (Wildman–Crippen MR) is 46.7 cm³/mol. The Hall–Kier alpha value is -1.16. The van der Waals surface area contributed by atoms with Gasteiger partial charge in [0, 0.05) is 11.8 Å². The molecule has 1 fully saturated rings. The predicted octanol–water partition coefficient (Wildman–Crippen LogP) is 0.871. The Bertz CT molecular complexity index is 290. The maximum absolute atomic E-state index is 5.54. The minimum Gasteiger partial charge on any atom is -0.469 e. The monoisotopic (exact) mass is 180 g/mol. The number of aryl methyl sites for hydroxylation is 2. The zero-order valence-corrected chi connectivity index (χ0v) is 7.78. The second-order valence-electron chi connectivity index (χ2n) is 3.17. The van der Waals surface area contributed by atoms with Crippen LogP contribution in [0.3, 0.4) is 0 Å². The summed E-state index contributed by atoms with van der Waals surface area (Å²) in [6.45, 7) is 5.13. The fraction of sp³-hybridized carbons (Fsp3) is 0.556. The molecule has 0 bridgehead atoms. The minimum atomic E-state index is 0.175. The maximum atomic E-state index is 5.54. The van der Waals surface area contributed by atoms with Gasteiger partial charge in [0.2, 0.25) is 5.88 Å². The van der Waals surface area contributed by atoms with Crippen LogP contribution in [0.1, 0.15) is 11.5 Å². The van der Waals surface area contributed by atoms with Crippen molar-refractivity contribution >= 4 is 0 Å². The van der Waals surface area contributed by atoms with Gasteiger partial charge in [-0.3, -0.25) is 0 Å². The molecular formula is C9H12N2O2. The zero-order chi connectivity index (χ0) is 9.26. The van der Waals surface area contributed by atoms with Crippen LogP contribution < -0.4 is 4.74 Å². The Morgan fingerprint density at radius 3 is 2.69 bits per heavy atom. The molecular weight excluding hydrogens is 168 g/mol. The standard InChI is InChI=1S/C9H12N2O2/c1-6-3-9(11-7(2)10-6)13-8-4-12-5-8/h3,8H,4-5H2,1-2H3. The summed E-state index contributed by atoms with van der Waals surface area (Å²) in [5.74, 6) is 1.40. The van der Waals surface area contributed by atoms with Crippen molar-refractivity contribution in [2.75, 3.05) is 13.2 Å². The van der Waals surface area contributed by atoms with Crippen LogP contribution in [0.2, 0.25) is 0 Å². The van der Waals surface area contributed by atoms with Crippen molar-refractivity contribution in [1.29, 1.82) is 0 Å². The number of hydrogen-bond acceptors (Lipinski definition) is 4. The number of nitrogens with zero attached hydrogens (tertiary/aromatic N) is 2. The van der Waals surface area contributed by atoms with Crippen molar-refractivity contribution in [2.45, 2.75) is 20.0 Å². The number of hydrogen-bond donors (Lipinski definition) is 0. The van der Waals surface area contributed by atoms with Crippen molar-refractivity contribution in [2.24, 2.45) is 0 Å². The lowest BCUT2D eigenvalue weighted by atomic mass is 10.3. The molecule has 13 heavy (non-hydrogen) atoms. The van der Waals surface area contributed by atoms with E-state index in [4.69, 9.17) is 9.47 Å². The first-order valence-electron chi connectivity index (χ1n) is 4.31. The van der Waals surface area contributed by atoms with Gasteiger partial charge in [0.1, 0.15) is 11.9 Å². The fourth-order valence-corrected chi connectivity index (χ4v) is 1.20. The average molecular weight is 180 g/mol. The van der Waals surface area contributed by atoms with Crippen LogP contribution >= 0.6 is 0 Å². The lowest BCUT2D eigenvalue weighted by Crippen LogP contribution is -2.38.